The van der Waals surface area contributed by atoms with E-state index in [1.165, 1.54) is 14.1 Å². The summed E-state index contributed by atoms with van der Waals surface area (Å²) in [6.07, 6.45) is 0.120. The SMILES string of the molecule is CN(C)S(=O)(=O)NC=O. The highest BCUT2D eigenvalue weighted by Gasteiger charge is 2.09. The van der Waals surface area contributed by atoms with E-state index in [2.05, 4.69) is 0 Å². The number of carbonyl (C=O) groups is 1. The second-order valence-corrected chi connectivity index (χ2v) is 3.44. The summed E-state index contributed by atoms with van der Waals surface area (Å²) in [6.45, 7) is 0. The van der Waals surface area contributed by atoms with Gasteiger partial charge in [0, 0.05) is 14.1 Å². The molecule has 0 saturated carbocycles. The minimum Gasteiger partial charge on any atom is -0.278 e. The lowest BCUT2D eigenvalue weighted by Crippen LogP contribution is -2.34. The standard InChI is InChI=1S/C3H8N2O3S/c1-5(2)9(7,8)4-3-6/h3H,1-2H3,(H,4,6). The molecule has 0 saturated heterocycles. The van der Waals surface area contributed by atoms with Crippen molar-refractivity contribution in [2.45, 2.75) is 0 Å². The maximum absolute atomic E-state index is 10.5. The van der Waals surface area contributed by atoms with Gasteiger partial charge in [-0.1, -0.05) is 0 Å². The van der Waals surface area contributed by atoms with E-state index in [9.17, 15) is 13.2 Å². The molecule has 0 spiro atoms. The summed E-state index contributed by atoms with van der Waals surface area (Å²) in [4.78, 5) is 9.61. The fourth-order valence-corrected chi connectivity index (χ4v) is 0.499. The third-order valence-electron chi connectivity index (χ3n) is 0.678. The van der Waals surface area contributed by atoms with E-state index in [1.54, 1.807) is 4.72 Å². The summed E-state index contributed by atoms with van der Waals surface area (Å²) in [6, 6.07) is 0. The molecular formula is C3H8N2O3S. The summed E-state index contributed by atoms with van der Waals surface area (Å²) >= 11 is 0. The van der Waals surface area contributed by atoms with Gasteiger partial charge < -0.3 is 0 Å². The second-order valence-electron chi connectivity index (χ2n) is 1.52. The van der Waals surface area contributed by atoms with Gasteiger partial charge >= 0.3 is 10.2 Å². The van der Waals surface area contributed by atoms with Crippen LogP contribution in [-0.2, 0) is 15.0 Å². The Morgan fingerprint density at radius 1 is 1.44 bits per heavy atom. The Morgan fingerprint density at radius 3 is 2.00 bits per heavy atom. The molecule has 1 amide bonds. The van der Waals surface area contributed by atoms with E-state index in [-0.39, 0.29) is 6.41 Å². The number of nitrogens with zero attached hydrogens (tertiary/aromatic N) is 1. The normalized spacial score (nSPS) is 11.4. The first-order chi connectivity index (χ1) is 4.00. The molecule has 1 N–H and O–H groups in total. The number of nitrogens with one attached hydrogen (secondary N) is 1. The van der Waals surface area contributed by atoms with Crippen LogP contribution in [0.4, 0.5) is 0 Å². The van der Waals surface area contributed by atoms with Crippen LogP contribution in [0.2, 0.25) is 0 Å². The van der Waals surface area contributed by atoms with Crippen molar-refractivity contribution in [2.24, 2.45) is 0 Å². The molecule has 9 heavy (non-hydrogen) atoms. The van der Waals surface area contributed by atoms with Crippen molar-refractivity contribution in [1.82, 2.24) is 9.03 Å². The highest BCUT2D eigenvalue weighted by Crippen LogP contribution is 1.83. The average molecular weight is 152 g/mol. The van der Waals surface area contributed by atoms with Crippen LogP contribution in [0.5, 0.6) is 0 Å². The lowest BCUT2D eigenvalue weighted by molar-refractivity contribution is -0.108. The average Bonchev–Trinajstić information content (AvgIpc) is 1.65. The highest BCUT2D eigenvalue weighted by atomic mass is 32.2. The van der Waals surface area contributed by atoms with Crippen LogP contribution < -0.4 is 4.72 Å². The van der Waals surface area contributed by atoms with Gasteiger partial charge in [0.2, 0.25) is 6.41 Å². The van der Waals surface area contributed by atoms with E-state index in [0.717, 1.165) is 4.31 Å². The van der Waals surface area contributed by atoms with Gasteiger partial charge in [-0.3, -0.25) is 4.79 Å². The van der Waals surface area contributed by atoms with Crippen molar-refractivity contribution < 1.29 is 13.2 Å². The number of carbonyl (C=O) groups excluding carboxylic acids is 1. The van der Waals surface area contributed by atoms with Gasteiger partial charge in [-0.25, -0.2) is 4.72 Å². The maximum atomic E-state index is 10.5. The molecule has 0 aromatic rings. The van der Waals surface area contributed by atoms with E-state index in [0.29, 0.717) is 0 Å². The molecular weight excluding hydrogens is 144 g/mol. The molecule has 0 bridgehead atoms. The maximum Gasteiger partial charge on any atom is 0.303 e. The zero-order valence-corrected chi connectivity index (χ0v) is 5.97. The van der Waals surface area contributed by atoms with Crippen LogP contribution in [0, 0.1) is 0 Å². The fourth-order valence-electron chi connectivity index (χ4n) is 0.166. The van der Waals surface area contributed by atoms with Crippen LogP contribution >= 0.6 is 0 Å². The third kappa shape index (κ3) is 2.43. The second kappa shape index (κ2) is 2.79. The first kappa shape index (κ1) is 8.38. The van der Waals surface area contributed by atoms with Crippen LogP contribution in [0.1, 0.15) is 0 Å². The molecule has 0 heterocycles. The quantitative estimate of drug-likeness (QED) is 0.502. The molecule has 0 rings (SSSR count). The first-order valence-electron chi connectivity index (χ1n) is 2.14. The Bertz CT molecular complexity index is 183. The Labute approximate surface area is 53.8 Å². The van der Waals surface area contributed by atoms with Gasteiger partial charge in [0.25, 0.3) is 0 Å². The van der Waals surface area contributed by atoms with Gasteiger partial charge in [-0.05, 0) is 0 Å². The van der Waals surface area contributed by atoms with Crippen LogP contribution in [0.3, 0.4) is 0 Å². The van der Waals surface area contributed by atoms with Crippen LogP contribution in [0.15, 0.2) is 0 Å². The topological polar surface area (TPSA) is 66.5 Å². The third-order valence-corrected chi connectivity index (χ3v) is 2.03. The van der Waals surface area contributed by atoms with Crippen molar-refractivity contribution in [2.75, 3.05) is 14.1 Å². The Kier molecular flexibility index (Phi) is 2.60. The van der Waals surface area contributed by atoms with E-state index < -0.39 is 10.2 Å². The molecule has 0 aliphatic rings. The minimum absolute atomic E-state index is 0.120. The van der Waals surface area contributed by atoms with E-state index in [4.69, 9.17) is 0 Å². The summed E-state index contributed by atoms with van der Waals surface area (Å²) < 4.78 is 23.6. The van der Waals surface area contributed by atoms with Gasteiger partial charge in [0.15, 0.2) is 0 Å². The minimum atomic E-state index is -3.53. The number of rotatable bonds is 3. The predicted molar refractivity (Wildman–Crippen MR) is 31.8 cm³/mol. The lowest BCUT2D eigenvalue weighted by Gasteiger charge is -2.07. The van der Waals surface area contributed by atoms with Crippen LogP contribution in [-0.4, -0.2) is 33.2 Å². The molecule has 5 nitrogen and oxygen atoms in total. The molecule has 0 aliphatic carbocycles. The summed E-state index contributed by atoms with van der Waals surface area (Å²) in [7, 11) is -0.883. The largest absolute Gasteiger partial charge is 0.303 e. The summed E-state index contributed by atoms with van der Waals surface area (Å²) in [5.41, 5.74) is 0. The van der Waals surface area contributed by atoms with Crippen molar-refractivity contribution in [3.63, 3.8) is 0 Å². The van der Waals surface area contributed by atoms with Gasteiger partial charge in [-0.2, -0.15) is 12.7 Å². The predicted octanol–water partition coefficient (Wildman–Crippen LogP) is -1.46. The molecule has 0 unspecified atom stereocenters. The Morgan fingerprint density at radius 2 is 1.89 bits per heavy atom. The van der Waals surface area contributed by atoms with Crippen molar-refractivity contribution in [3.8, 4) is 0 Å². The first-order valence-corrected chi connectivity index (χ1v) is 3.58. The van der Waals surface area contributed by atoms with E-state index in [1.807, 2.05) is 0 Å². The van der Waals surface area contributed by atoms with Crippen LogP contribution in [0.25, 0.3) is 0 Å². The zero-order chi connectivity index (χ0) is 7.49. The Hall–Kier alpha value is -0.620. The molecule has 6 heteroatoms. The fraction of sp³-hybridized carbons (Fsp3) is 0.667. The molecule has 0 aromatic carbocycles. The number of hydrogen-bond donors (Lipinski definition) is 1. The van der Waals surface area contributed by atoms with Crippen molar-refractivity contribution >= 4 is 16.6 Å². The zero-order valence-electron chi connectivity index (χ0n) is 5.16. The summed E-state index contributed by atoms with van der Waals surface area (Å²) in [5, 5.41) is 0. The number of amides is 1. The number of hydrogen-bond acceptors (Lipinski definition) is 3. The Balaban J connectivity index is 4.22. The van der Waals surface area contributed by atoms with Gasteiger partial charge in [0.1, 0.15) is 0 Å². The van der Waals surface area contributed by atoms with Gasteiger partial charge in [-0.15, -0.1) is 0 Å². The lowest BCUT2D eigenvalue weighted by atomic mass is 11.3. The molecule has 54 valence electrons. The van der Waals surface area contributed by atoms with E-state index >= 15 is 0 Å². The molecule has 0 fully saturated rings. The highest BCUT2D eigenvalue weighted by molar-refractivity contribution is 7.87. The molecule has 0 aliphatic heterocycles. The van der Waals surface area contributed by atoms with Gasteiger partial charge in [0.05, 0.1) is 0 Å². The van der Waals surface area contributed by atoms with Crippen molar-refractivity contribution in [3.05, 3.63) is 0 Å². The summed E-state index contributed by atoms with van der Waals surface area (Å²) in [5.74, 6) is 0. The van der Waals surface area contributed by atoms with Crippen molar-refractivity contribution in [1.29, 1.82) is 0 Å². The molecule has 0 atom stereocenters. The smallest absolute Gasteiger partial charge is 0.278 e. The molecule has 0 aromatic heterocycles. The monoisotopic (exact) mass is 152 g/mol. The molecule has 0 radical (unpaired) electrons.